The van der Waals surface area contributed by atoms with Gasteiger partial charge < -0.3 is 25.4 Å². The Kier molecular flexibility index (Phi) is 30.7. The van der Waals surface area contributed by atoms with Crippen molar-refractivity contribution in [2.75, 3.05) is 32.7 Å². The Bertz CT molecular complexity index is 572. The number of nitrogens with two attached hydrogens (primary N) is 1. The van der Waals surface area contributed by atoms with Gasteiger partial charge in [-0.05, 0) is 20.8 Å². The molecule has 0 spiro atoms. The van der Waals surface area contributed by atoms with Crippen molar-refractivity contribution in [3.8, 4) is 5.88 Å². The summed E-state index contributed by atoms with van der Waals surface area (Å²) < 4.78 is 22.0. The maximum absolute atomic E-state index is 12.9. The predicted molar refractivity (Wildman–Crippen MR) is 118 cm³/mol. The molecule has 29 heavy (non-hydrogen) atoms. The molecule has 1 rings (SSSR count). The summed E-state index contributed by atoms with van der Waals surface area (Å²) in [4.78, 5) is 13.4. The fourth-order valence-corrected chi connectivity index (χ4v) is 1.20. The van der Waals surface area contributed by atoms with Crippen molar-refractivity contribution >= 4 is 34.9 Å². The number of methoxy groups -OCH3 is 1. The second-order valence-electron chi connectivity index (χ2n) is 4.37. The average molecular weight is 457 g/mol. The Morgan fingerprint density at radius 2 is 1.59 bits per heavy atom. The highest BCUT2D eigenvalue weighted by Gasteiger charge is 2.16. The minimum atomic E-state index is -1.25. The summed E-state index contributed by atoms with van der Waals surface area (Å²) >= 11 is 11.0. The van der Waals surface area contributed by atoms with Crippen LogP contribution in [0.1, 0.15) is 20.8 Å². The third kappa shape index (κ3) is 23.8. The van der Waals surface area contributed by atoms with Crippen LogP contribution in [0.5, 0.6) is 5.88 Å². The molecule has 0 atom stereocenters. The molecular formula is C19H31Cl2FN2O5. The minimum absolute atomic E-state index is 0.122. The van der Waals surface area contributed by atoms with E-state index in [1.807, 2.05) is 20.8 Å². The highest BCUT2D eigenvalue weighted by atomic mass is 35.5. The lowest BCUT2D eigenvalue weighted by atomic mass is 10.4. The standard InChI is InChI=1S/C7H5Cl2FN2O3.C3H8O2.3C3H6/c8-3-5(11)4(9)7(12-6(3)10)15-1-2(13)14;1-5-3-2-4;3*1-3-2/h1H2,(H2,11,12)(H,13,14);4H,2-3H2,1H3;3*3H,1H2,2H3. The van der Waals surface area contributed by atoms with Gasteiger partial charge in [0.05, 0.1) is 18.9 Å². The highest BCUT2D eigenvalue weighted by Crippen LogP contribution is 2.35. The lowest BCUT2D eigenvalue weighted by molar-refractivity contribution is -0.139. The van der Waals surface area contributed by atoms with Crippen molar-refractivity contribution in [1.29, 1.82) is 0 Å². The number of aliphatic hydroxyl groups is 1. The zero-order valence-corrected chi connectivity index (χ0v) is 18.8. The molecule has 0 amide bonds. The Balaban J connectivity index is -0.000000184. The number of nitrogens with zero attached hydrogens (tertiary/aromatic N) is 1. The molecule has 0 unspecified atom stereocenters. The van der Waals surface area contributed by atoms with E-state index in [9.17, 15) is 9.18 Å². The first kappa shape index (κ1) is 34.4. The van der Waals surface area contributed by atoms with E-state index >= 15 is 0 Å². The fraction of sp³-hybridized carbons (Fsp3) is 0.368. The first-order valence-electron chi connectivity index (χ1n) is 8.05. The predicted octanol–water partition coefficient (Wildman–Crippen LogP) is 4.78. The number of carboxylic acids is 1. The number of aromatic nitrogens is 1. The summed E-state index contributed by atoms with van der Waals surface area (Å²) in [5.74, 6) is -2.72. The zero-order valence-electron chi connectivity index (χ0n) is 17.3. The summed E-state index contributed by atoms with van der Waals surface area (Å²) in [6.45, 7) is 15.6. The number of hydrogen-bond acceptors (Lipinski definition) is 6. The summed E-state index contributed by atoms with van der Waals surface area (Å²) in [6, 6.07) is 0. The summed E-state index contributed by atoms with van der Waals surface area (Å²) in [6.07, 6.45) is 5.25. The smallest absolute Gasteiger partial charge is 0.341 e. The number of carbonyl (C=O) groups is 1. The molecule has 0 aliphatic carbocycles. The van der Waals surface area contributed by atoms with Gasteiger partial charge in [-0.25, -0.2) is 4.79 Å². The molecule has 0 bridgehead atoms. The summed E-state index contributed by atoms with van der Waals surface area (Å²) in [5, 5.41) is 15.6. The lowest BCUT2D eigenvalue weighted by Crippen LogP contribution is -2.11. The average Bonchev–Trinajstić information content (AvgIpc) is 2.65. The van der Waals surface area contributed by atoms with E-state index in [4.69, 9.17) is 39.1 Å². The number of carboxylic acid groups (broad SMARTS) is 1. The van der Waals surface area contributed by atoms with E-state index < -0.39 is 29.4 Å². The van der Waals surface area contributed by atoms with Gasteiger partial charge in [-0.2, -0.15) is 9.37 Å². The van der Waals surface area contributed by atoms with Crippen LogP contribution in [0.15, 0.2) is 38.0 Å². The first-order chi connectivity index (χ1) is 13.6. The maximum Gasteiger partial charge on any atom is 0.341 e. The molecule has 7 nitrogen and oxygen atoms in total. The number of aliphatic carboxylic acids is 1. The van der Waals surface area contributed by atoms with Crippen LogP contribution >= 0.6 is 23.2 Å². The second kappa shape index (κ2) is 25.9. The van der Waals surface area contributed by atoms with Crippen LogP contribution in [0, 0.1) is 5.95 Å². The van der Waals surface area contributed by atoms with Crippen molar-refractivity contribution in [2.45, 2.75) is 20.8 Å². The Morgan fingerprint density at radius 3 is 1.86 bits per heavy atom. The molecule has 0 saturated carbocycles. The van der Waals surface area contributed by atoms with E-state index in [-0.39, 0.29) is 17.3 Å². The maximum atomic E-state index is 12.9. The molecule has 10 heteroatoms. The number of nitrogen functional groups attached to an aromatic ring is 1. The molecule has 168 valence electrons. The van der Waals surface area contributed by atoms with Gasteiger partial charge in [-0.1, -0.05) is 41.4 Å². The van der Waals surface area contributed by atoms with Gasteiger partial charge in [0.15, 0.2) is 6.61 Å². The van der Waals surface area contributed by atoms with Crippen LogP contribution < -0.4 is 10.5 Å². The first-order valence-corrected chi connectivity index (χ1v) is 8.80. The minimum Gasteiger partial charge on any atom is -0.479 e. The van der Waals surface area contributed by atoms with E-state index in [0.29, 0.717) is 6.61 Å². The van der Waals surface area contributed by atoms with Crippen LogP contribution in [0.3, 0.4) is 0 Å². The van der Waals surface area contributed by atoms with Gasteiger partial charge in [0.2, 0.25) is 11.8 Å². The summed E-state index contributed by atoms with van der Waals surface area (Å²) in [5.41, 5.74) is 5.07. The molecule has 1 heterocycles. The van der Waals surface area contributed by atoms with Crippen LogP contribution in [0.2, 0.25) is 10.0 Å². The van der Waals surface area contributed by atoms with Crippen molar-refractivity contribution in [3.63, 3.8) is 0 Å². The van der Waals surface area contributed by atoms with Crippen LogP contribution in [-0.4, -0.2) is 48.1 Å². The Morgan fingerprint density at radius 1 is 1.17 bits per heavy atom. The number of hydrogen-bond donors (Lipinski definition) is 3. The number of ether oxygens (including phenoxy) is 2. The van der Waals surface area contributed by atoms with E-state index in [1.165, 1.54) is 0 Å². The van der Waals surface area contributed by atoms with Crippen LogP contribution in [0.4, 0.5) is 10.1 Å². The number of pyridine rings is 1. The van der Waals surface area contributed by atoms with Gasteiger partial charge in [-0.3, -0.25) is 0 Å². The number of anilines is 1. The fourth-order valence-electron chi connectivity index (χ4n) is 0.827. The van der Waals surface area contributed by atoms with Gasteiger partial charge >= 0.3 is 5.97 Å². The molecular weight excluding hydrogens is 426 g/mol. The third-order valence-electron chi connectivity index (χ3n) is 1.67. The number of allylic oxidation sites excluding steroid dienone is 3. The lowest BCUT2D eigenvalue weighted by Gasteiger charge is -2.07. The largest absolute Gasteiger partial charge is 0.479 e. The molecule has 0 aromatic carbocycles. The monoisotopic (exact) mass is 456 g/mol. The van der Waals surface area contributed by atoms with Gasteiger partial charge in [0, 0.05) is 7.11 Å². The molecule has 1 aromatic heterocycles. The summed E-state index contributed by atoms with van der Waals surface area (Å²) in [7, 11) is 1.55. The van der Waals surface area contributed by atoms with E-state index in [2.05, 4.69) is 34.2 Å². The van der Waals surface area contributed by atoms with Crippen molar-refractivity contribution in [1.82, 2.24) is 4.98 Å². The molecule has 0 saturated heterocycles. The topological polar surface area (TPSA) is 115 Å². The van der Waals surface area contributed by atoms with Crippen molar-refractivity contribution in [3.05, 3.63) is 54.0 Å². The van der Waals surface area contributed by atoms with Gasteiger partial charge in [-0.15, -0.1) is 19.7 Å². The Labute approximate surface area is 182 Å². The van der Waals surface area contributed by atoms with Crippen LogP contribution in [-0.2, 0) is 9.53 Å². The van der Waals surface area contributed by atoms with Crippen molar-refractivity contribution < 1.29 is 28.9 Å². The number of halogens is 3. The molecule has 0 aliphatic heterocycles. The third-order valence-corrected chi connectivity index (χ3v) is 2.39. The van der Waals surface area contributed by atoms with E-state index in [0.717, 1.165) is 0 Å². The molecule has 4 N–H and O–H groups in total. The zero-order chi connectivity index (χ0) is 23.8. The quantitative estimate of drug-likeness (QED) is 0.431. The molecule has 0 aliphatic rings. The van der Waals surface area contributed by atoms with Gasteiger partial charge in [0.25, 0.3) is 0 Å². The molecule has 0 fully saturated rings. The second-order valence-corrected chi connectivity index (χ2v) is 5.13. The normalized spacial score (nSPS) is 8.00. The van der Waals surface area contributed by atoms with Crippen molar-refractivity contribution in [2.24, 2.45) is 0 Å². The molecule has 1 aromatic rings. The van der Waals surface area contributed by atoms with Crippen LogP contribution in [0.25, 0.3) is 0 Å². The van der Waals surface area contributed by atoms with E-state index in [1.54, 1.807) is 25.3 Å². The SMILES string of the molecule is C=CC.C=CC.C=CC.COCCO.Nc1c(Cl)c(F)nc(OCC(=O)O)c1Cl. The Hall–Kier alpha value is -2.13. The van der Waals surface area contributed by atoms with Gasteiger partial charge in [0.1, 0.15) is 10.0 Å². The number of rotatable bonds is 5. The molecule has 0 radical (unpaired) electrons. The number of aliphatic hydroxyl groups excluding tert-OH is 1. The highest BCUT2D eigenvalue weighted by molar-refractivity contribution is 6.39.